The zero-order valence-electron chi connectivity index (χ0n) is 11.4. The topological polar surface area (TPSA) is 61.9 Å². The number of aromatic nitrogens is 4. The van der Waals surface area contributed by atoms with Crippen molar-refractivity contribution in [2.24, 2.45) is 7.05 Å². The second kappa shape index (κ2) is 5.97. The molecule has 0 radical (unpaired) electrons. The van der Waals surface area contributed by atoms with Crippen LogP contribution < -0.4 is 10.3 Å². The molecule has 0 spiro atoms. The van der Waals surface area contributed by atoms with E-state index in [1.54, 1.807) is 4.68 Å². The van der Waals surface area contributed by atoms with Crippen molar-refractivity contribution in [2.75, 3.05) is 7.11 Å². The monoisotopic (exact) mass is 360 g/mol. The fourth-order valence-corrected chi connectivity index (χ4v) is 2.83. The van der Waals surface area contributed by atoms with E-state index in [0.717, 1.165) is 22.3 Å². The molecular formula is C12H14BrClN4O2. The van der Waals surface area contributed by atoms with E-state index in [9.17, 15) is 4.79 Å². The summed E-state index contributed by atoms with van der Waals surface area (Å²) >= 11 is 9.34. The van der Waals surface area contributed by atoms with Gasteiger partial charge in [-0.3, -0.25) is 14.0 Å². The quantitative estimate of drug-likeness (QED) is 0.782. The van der Waals surface area contributed by atoms with Crippen molar-refractivity contribution in [2.45, 2.75) is 19.9 Å². The highest BCUT2D eigenvalue weighted by Crippen LogP contribution is 2.22. The van der Waals surface area contributed by atoms with Gasteiger partial charge in [0.1, 0.15) is 0 Å². The highest BCUT2D eigenvalue weighted by molar-refractivity contribution is 9.10. The zero-order valence-corrected chi connectivity index (χ0v) is 13.7. The molecule has 0 aromatic carbocycles. The molecule has 0 unspecified atom stereocenters. The van der Waals surface area contributed by atoms with E-state index >= 15 is 0 Å². The Morgan fingerprint density at radius 1 is 1.50 bits per heavy atom. The first-order valence-corrected chi connectivity index (χ1v) is 7.15. The van der Waals surface area contributed by atoms with Gasteiger partial charge in [0.15, 0.2) is 5.15 Å². The van der Waals surface area contributed by atoms with Gasteiger partial charge in [0, 0.05) is 7.05 Å². The Bertz CT molecular complexity index is 695. The van der Waals surface area contributed by atoms with Gasteiger partial charge in [-0.05, 0) is 22.4 Å². The fraction of sp³-hybridized carbons (Fsp3) is 0.417. The average molecular weight is 362 g/mol. The van der Waals surface area contributed by atoms with Crippen molar-refractivity contribution in [3.05, 3.63) is 37.7 Å². The van der Waals surface area contributed by atoms with Crippen LogP contribution in [0.4, 0.5) is 0 Å². The van der Waals surface area contributed by atoms with Crippen LogP contribution in [0.1, 0.15) is 18.3 Å². The van der Waals surface area contributed by atoms with E-state index in [1.165, 1.54) is 18.0 Å². The Morgan fingerprint density at radius 2 is 2.20 bits per heavy atom. The number of aryl methyl sites for hydroxylation is 2. The summed E-state index contributed by atoms with van der Waals surface area (Å²) in [5, 5.41) is 4.45. The van der Waals surface area contributed by atoms with Gasteiger partial charge < -0.3 is 4.74 Å². The van der Waals surface area contributed by atoms with Crippen LogP contribution in [0.5, 0.6) is 5.75 Å². The molecule has 2 aromatic heterocycles. The molecule has 0 aliphatic rings. The first-order chi connectivity index (χ1) is 9.49. The van der Waals surface area contributed by atoms with Crippen molar-refractivity contribution < 1.29 is 4.74 Å². The highest BCUT2D eigenvalue weighted by atomic mass is 79.9. The number of hydrogen-bond donors (Lipinski definition) is 0. The van der Waals surface area contributed by atoms with Crippen molar-refractivity contribution >= 4 is 27.5 Å². The minimum atomic E-state index is -0.321. The summed E-state index contributed by atoms with van der Waals surface area (Å²) in [6, 6.07) is 0. The summed E-state index contributed by atoms with van der Waals surface area (Å²) in [5.74, 6) is 0.0446. The summed E-state index contributed by atoms with van der Waals surface area (Å²) < 4.78 is 9.07. The Hall–Kier alpha value is -1.34. The molecular weight excluding hydrogens is 348 g/mol. The van der Waals surface area contributed by atoms with Gasteiger partial charge in [0.25, 0.3) is 5.56 Å². The first-order valence-electron chi connectivity index (χ1n) is 5.98. The molecule has 0 amide bonds. The van der Waals surface area contributed by atoms with Crippen LogP contribution in [-0.4, -0.2) is 26.4 Å². The second-order valence-electron chi connectivity index (χ2n) is 4.19. The van der Waals surface area contributed by atoms with Gasteiger partial charge in [-0.2, -0.15) is 5.10 Å². The van der Waals surface area contributed by atoms with Gasteiger partial charge in [-0.1, -0.05) is 18.5 Å². The third-order valence-electron chi connectivity index (χ3n) is 2.98. The average Bonchev–Trinajstić information content (AvgIpc) is 2.69. The third-order valence-corrected chi connectivity index (χ3v) is 4.16. The van der Waals surface area contributed by atoms with Crippen LogP contribution in [0.3, 0.4) is 0 Å². The molecule has 0 aliphatic carbocycles. The lowest BCUT2D eigenvalue weighted by molar-refractivity contribution is 0.400. The largest absolute Gasteiger partial charge is 0.489 e. The molecule has 0 saturated heterocycles. The van der Waals surface area contributed by atoms with Gasteiger partial charge in [-0.25, -0.2) is 4.98 Å². The zero-order chi connectivity index (χ0) is 14.9. The van der Waals surface area contributed by atoms with Crippen LogP contribution in [0.25, 0.3) is 0 Å². The standard InChI is InChI=1S/C12H14BrClN4O2/c1-4-7-9(13)8(17(2)16-7)5-18-6-15-11(14)10(20-3)12(18)19/h6H,4-5H2,1-3H3. The summed E-state index contributed by atoms with van der Waals surface area (Å²) in [4.78, 5) is 16.1. The molecule has 8 heteroatoms. The van der Waals surface area contributed by atoms with E-state index in [4.69, 9.17) is 16.3 Å². The van der Waals surface area contributed by atoms with Crippen molar-refractivity contribution in [3.8, 4) is 5.75 Å². The maximum absolute atomic E-state index is 12.2. The molecule has 0 aliphatic heterocycles. The SMILES string of the molecule is CCc1nn(C)c(Cn2cnc(Cl)c(OC)c2=O)c1Br. The Labute approximate surface area is 129 Å². The first kappa shape index (κ1) is 15.1. The van der Waals surface area contributed by atoms with Gasteiger partial charge in [0.2, 0.25) is 5.75 Å². The lowest BCUT2D eigenvalue weighted by atomic mass is 10.3. The summed E-state index contributed by atoms with van der Waals surface area (Å²) in [7, 11) is 3.23. The Morgan fingerprint density at radius 3 is 2.75 bits per heavy atom. The van der Waals surface area contributed by atoms with Gasteiger partial charge in [-0.15, -0.1) is 0 Å². The summed E-state index contributed by atoms with van der Waals surface area (Å²) in [6.45, 7) is 2.36. The van der Waals surface area contributed by atoms with Gasteiger partial charge >= 0.3 is 0 Å². The predicted octanol–water partition coefficient (Wildman–Crippen LogP) is 2.01. The van der Waals surface area contributed by atoms with Crippen LogP contribution in [-0.2, 0) is 20.0 Å². The number of nitrogens with zero attached hydrogens (tertiary/aromatic N) is 4. The lowest BCUT2D eigenvalue weighted by Crippen LogP contribution is -2.23. The van der Waals surface area contributed by atoms with Crippen LogP contribution >= 0.6 is 27.5 Å². The third kappa shape index (κ3) is 2.60. The van der Waals surface area contributed by atoms with Crippen molar-refractivity contribution in [3.63, 3.8) is 0 Å². The van der Waals surface area contributed by atoms with Crippen LogP contribution in [0.15, 0.2) is 15.6 Å². The van der Waals surface area contributed by atoms with E-state index in [2.05, 4.69) is 26.0 Å². The number of halogens is 2. The van der Waals surface area contributed by atoms with Crippen molar-refractivity contribution in [1.82, 2.24) is 19.3 Å². The van der Waals surface area contributed by atoms with Crippen LogP contribution in [0, 0.1) is 0 Å². The predicted molar refractivity (Wildman–Crippen MR) is 79.4 cm³/mol. The maximum Gasteiger partial charge on any atom is 0.297 e. The number of ether oxygens (including phenoxy) is 1. The number of methoxy groups -OCH3 is 1. The molecule has 2 aromatic rings. The molecule has 2 heterocycles. The molecule has 6 nitrogen and oxygen atoms in total. The maximum atomic E-state index is 12.2. The molecule has 0 saturated carbocycles. The van der Waals surface area contributed by atoms with E-state index in [1.807, 2.05) is 14.0 Å². The molecule has 0 atom stereocenters. The molecule has 0 bridgehead atoms. The smallest absolute Gasteiger partial charge is 0.297 e. The number of hydrogen-bond acceptors (Lipinski definition) is 4. The fourth-order valence-electron chi connectivity index (χ4n) is 1.89. The molecule has 20 heavy (non-hydrogen) atoms. The molecule has 2 rings (SSSR count). The number of rotatable bonds is 4. The lowest BCUT2D eigenvalue weighted by Gasteiger charge is -2.09. The normalized spacial score (nSPS) is 10.8. The Balaban J connectivity index is 2.46. The molecule has 0 fully saturated rings. The van der Waals surface area contributed by atoms with E-state index in [-0.39, 0.29) is 16.5 Å². The molecule has 108 valence electrons. The van der Waals surface area contributed by atoms with Crippen molar-refractivity contribution in [1.29, 1.82) is 0 Å². The minimum Gasteiger partial charge on any atom is -0.489 e. The van der Waals surface area contributed by atoms with E-state index < -0.39 is 0 Å². The summed E-state index contributed by atoms with van der Waals surface area (Å²) in [5.41, 5.74) is 1.51. The second-order valence-corrected chi connectivity index (χ2v) is 5.34. The highest BCUT2D eigenvalue weighted by Gasteiger charge is 2.16. The van der Waals surface area contributed by atoms with Crippen LogP contribution in [0.2, 0.25) is 5.15 Å². The van der Waals surface area contributed by atoms with E-state index in [0.29, 0.717) is 6.54 Å². The molecule has 0 N–H and O–H groups in total. The summed E-state index contributed by atoms with van der Waals surface area (Å²) in [6.07, 6.45) is 2.21. The minimum absolute atomic E-state index is 0.0446. The Kier molecular flexibility index (Phi) is 4.49. The van der Waals surface area contributed by atoms with Gasteiger partial charge in [0.05, 0.1) is 35.8 Å².